The molecule has 11 heteroatoms. The topological polar surface area (TPSA) is 115 Å². The van der Waals surface area contributed by atoms with Gasteiger partial charge < -0.3 is 5.32 Å². The quantitative estimate of drug-likeness (QED) is 0.109. The molecular weight excluding hydrogens is 635 g/mol. The van der Waals surface area contributed by atoms with Crippen LogP contribution < -0.4 is 5.32 Å². The Bertz CT molecular complexity index is 1760. The molecule has 4 aromatic rings. The number of aromatic nitrogens is 2. The number of amides is 1. The molecule has 0 aliphatic carbocycles. The van der Waals surface area contributed by atoms with Crippen molar-refractivity contribution in [3.63, 3.8) is 0 Å². The molecule has 1 N–H and O–H groups in total. The summed E-state index contributed by atoms with van der Waals surface area (Å²) in [6.07, 6.45) is -4.90. The molecule has 1 heterocycles. The summed E-state index contributed by atoms with van der Waals surface area (Å²) in [7, 11) is 1.21. The lowest BCUT2D eigenvalue weighted by molar-refractivity contribution is -0.141. The average molecular weight is 674 g/mol. The van der Waals surface area contributed by atoms with Gasteiger partial charge in [0.25, 0.3) is 0 Å². The van der Waals surface area contributed by atoms with Crippen molar-refractivity contribution < 1.29 is 37.1 Å². The van der Waals surface area contributed by atoms with E-state index in [-0.39, 0.29) is 31.4 Å². The second-order valence-electron chi connectivity index (χ2n) is 12.1. The third kappa shape index (κ3) is 10.7. The van der Waals surface area contributed by atoms with Crippen molar-refractivity contribution in [3.8, 4) is 0 Å². The maximum atomic E-state index is 13.9. The number of halogens is 3. The molecule has 0 saturated carbocycles. The predicted octanol–water partition coefficient (Wildman–Crippen LogP) is 5.96. The number of hydrogen-bond donors (Lipinski definition) is 1. The Morgan fingerprint density at radius 2 is 1.31 bits per heavy atom. The number of aryl methyl sites for hydroxylation is 2. The van der Waals surface area contributed by atoms with Gasteiger partial charge in [0.15, 0.2) is 23.0 Å². The second-order valence-corrected chi connectivity index (χ2v) is 12.1. The highest BCUT2D eigenvalue weighted by Gasteiger charge is 2.36. The van der Waals surface area contributed by atoms with Crippen molar-refractivity contribution in [2.24, 2.45) is 18.9 Å². The van der Waals surface area contributed by atoms with Crippen molar-refractivity contribution in [1.82, 2.24) is 15.1 Å². The monoisotopic (exact) mass is 673 g/mol. The number of rotatable bonds is 17. The van der Waals surface area contributed by atoms with Gasteiger partial charge in [-0.2, -0.15) is 18.3 Å². The van der Waals surface area contributed by atoms with Crippen molar-refractivity contribution in [2.45, 2.75) is 57.7 Å². The van der Waals surface area contributed by atoms with Gasteiger partial charge in [-0.25, -0.2) is 0 Å². The second kappa shape index (κ2) is 16.8. The van der Waals surface area contributed by atoms with Gasteiger partial charge in [-0.1, -0.05) is 97.9 Å². The van der Waals surface area contributed by atoms with E-state index in [1.165, 1.54) is 14.0 Å². The average Bonchev–Trinajstić information content (AvgIpc) is 3.50. The van der Waals surface area contributed by atoms with E-state index in [0.717, 1.165) is 21.4 Å². The number of nitrogens with zero attached hydrogens (tertiary/aromatic N) is 2. The molecule has 49 heavy (non-hydrogen) atoms. The standard InChI is InChI=1S/C38H38F3N3O5/c1-25(20-34(47)31-24-35(38(39,40)41)43-44(31)2)37(49)42-30(22-28-16-10-5-11-17-28)33(46)23-29(21-27-14-8-4-9-15-27)36(48)32(45)19-18-26-12-6-3-7-13-26/h3-17,24-25,29-30H,18-23H2,1-2H3,(H,42,49)/t25-,29-,30+/m1/s1. The molecule has 0 aliphatic rings. The minimum Gasteiger partial charge on any atom is -0.346 e. The van der Waals surface area contributed by atoms with E-state index in [1.807, 2.05) is 36.4 Å². The van der Waals surface area contributed by atoms with Crippen LogP contribution in [0, 0.1) is 11.8 Å². The van der Waals surface area contributed by atoms with Crippen LogP contribution in [0.2, 0.25) is 0 Å². The van der Waals surface area contributed by atoms with E-state index in [0.29, 0.717) is 12.5 Å². The van der Waals surface area contributed by atoms with Gasteiger partial charge in [-0.3, -0.25) is 28.7 Å². The summed E-state index contributed by atoms with van der Waals surface area (Å²) in [5.41, 5.74) is 0.875. The zero-order valence-electron chi connectivity index (χ0n) is 27.3. The van der Waals surface area contributed by atoms with Crippen LogP contribution in [0.4, 0.5) is 13.2 Å². The van der Waals surface area contributed by atoms with Crippen molar-refractivity contribution in [2.75, 3.05) is 0 Å². The fraction of sp³-hybridized carbons (Fsp3) is 0.316. The maximum absolute atomic E-state index is 13.9. The summed E-state index contributed by atoms with van der Waals surface area (Å²) in [5, 5.41) is 6.07. The predicted molar refractivity (Wildman–Crippen MR) is 176 cm³/mol. The third-order valence-electron chi connectivity index (χ3n) is 8.28. The van der Waals surface area contributed by atoms with E-state index in [2.05, 4.69) is 10.4 Å². The Kier molecular flexibility index (Phi) is 12.5. The molecule has 1 aromatic heterocycles. The van der Waals surface area contributed by atoms with E-state index < -0.39 is 65.2 Å². The molecule has 0 spiro atoms. The summed E-state index contributed by atoms with van der Waals surface area (Å²) in [6, 6.07) is 26.7. The molecule has 0 aliphatic heterocycles. The first kappa shape index (κ1) is 36.6. The summed E-state index contributed by atoms with van der Waals surface area (Å²) >= 11 is 0. The van der Waals surface area contributed by atoms with Crippen molar-refractivity contribution in [3.05, 3.63) is 125 Å². The number of carbonyl (C=O) groups is 5. The number of alkyl halides is 3. The van der Waals surface area contributed by atoms with Gasteiger partial charge in [0.1, 0.15) is 5.69 Å². The maximum Gasteiger partial charge on any atom is 0.435 e. The number of ketones is 4. The highest BCUT2D eigenvalue weighted by Crippen LogP contribution is 2.29. The summed E-state index contributed by atoms with van der Waals surface area (Å²) < 4.78 is 40.2. The van der Waals surface area contributed by atoms with Gasteiger partial charge in [0.05, 0.1) is 6.04 Å². The number of carbonyl (C=O) groups excluding carboxylic acids is 5. The molecule has 3 aromatic carbocycles. The normalized spacial score (nSPS) is 13.2. The highest BCUT2D eigenvalue weighted by atomic mass is 19.4. The first-order valence-corrected chi connectivity index (χ1v) is 16.0. The lowest BCUT2D eigenvalue weighted by atomic mass is 9.85. The molecule has 0 unspecified atom stereocenters. The zero-order chi connectivity index (χ0) is 35.6. The largest absolute Gasteiger partial charge is 0.435 e. The van der Waals surface area contributed by atoms with E-state index in [1.54, 1.807) is 54.6 Å². The number of Topliss-reactive ketones (excluding diaryl/α,β-unsaturated/α-hetero) is 4. The Hall–Kier alpha value is -5.19. The number of hydrogen-bond acceptors (Lipinski definition) is 6. The van der Waals surface area contributed by atoms with Crippen LogP contribution in [0.15, 0.2) is 97.1 Å². The first-order chi connectivity index (χ1) is 23.3. The Labute approximate surface area is 282 Å². The molecule has 256 valence electrons. The lowest BCUT2D eigenvalue weighted by Gasteiger charge is -2.23. The third-order valence-corrected chi connectivity index (χ3v) is 8.28. The SMILES string of the molecule is C[C@H](CC(=O)c1cc(C(F)(F)F)nn1C)C(=O)N[C@@H](Cc1ccccc1)C(=O)C[C@@H](Cc1ccccc1)C(=O)C(=O)CCc1ccccc1. The van der Waals surface area contributed by atoms with Gasteiger partial charge in [0, 0.05) is 38.1 Å². The molecule has 0 fully saturated rings. The van der Waals surface area contributed by atoms with Crippen LogP contribution in [0.25, 0.3) is 0 Å². The van der Waals surface area contributed by atoms with E-state index in [9.17, 15) is 37.1 Å². The summed E-state index contributed by atoms with van der Waals surface area (Å²) in [5.74, 6) is -5.08. The smallest absolute Gasteiger partial charge is 0.346 e. The summed E-state index contributed by atoms with van der Waals surface area (Å²) in [6.45, 7) is 1.44. The van der Waals surface area contributed by atoms with Crippen LogP contribution in [0.1, 0.15) is 59.1 Å². The fourth-order valence-electron chi connectivity index (χ4n) is 5.55. The summed E-state index contributed by atoms with van der Waals surface area (Å²) in [4.78, 5) is 66.9. The molecule has 1 amide bonds. The number of benzene rings is 3. The van der Waals surface area contributed by atoms with Crippen LogP contribution >= 0.6 is 0 Å². The minimum atomic E-state index is -4.74. The lowest BCUT2D eigenvalue weighted by Crippen LogP contribution is -2.46. The molecule has 0 radical (unpaired) electrons. The van der Waals surface area contributed by atoms with Crippen LogP contribution in [-0.2, 0) is 51.7 Å². The Morgan fingerprint density at radius 3 is 1.84 bits per heavy atom. The fourth-order valence-corrected chi connectivity index (χ4v) is 5.55. The molecule has 0 bridgehead atoms. The van der Waals surface area contributed by atoms with E-state index >= 15 is 0 Å². The van der Waals surface area contributed by atoms with Crippen molar-refractivity contribution in [1.29, 1.82) is 0 Å². The Morgan fingerprint density at radius 1 is 0.776 bits per heavy atom. The molecular formula is C38H38F3N3O5. The Balaban J connectivity index is 1.51. The van der Waals surface area contributed by atoms with Gasteiger partial charge >= 0.3 is 6.18 Å². The number of nitrogens with one attached hydrogen (secondary N) is 1. The van der Waals surface area contributed by atoms with E-state index in [4.69, 9.17) is 0 Å². The highest BCUT2D eigenvalue weighted by molar-refractivity contribution is 6.38. The minimum absolute atomic E-state index is 0.0147. The van der Waals surface area contributed by atoms with Gasteiger partial charge in [-0.15, -0.1) is 0 Å². The first-order valence-electron chi connectivity index (χ1n) is 16.0. The van der Waals surface area contributed by atoms with Crippen LogP contribution in [-0.4, -0.2) is 44.9 Å². The van der Waals surface area contributed by atoms with Gasteiger partial charge in [0.2, 0.25) is 11.7 Å². The molecule has 0 saturated heterocycles. The van der Waals surface area contributed by atoms with Crippen molar-refractivity contribution >= 4 is 29.0 Å². The molecule has 3 atom stereocenters. The van der Waals surface area contributed by atoms with Crippen LogP contribution in [0.3, 0.4) is 0 Å². The van der Waals surface area contributed by atoms with Crippen LogP contribution in [0.5, 0.6) is 0 Å². The zero-order valence-corrected chi connectivity index (χ0v) is 27.3. The van der Waals surface area contributed by atoms with Gasteiger partial charge in [-0.05, 0) is 42.0 Å². The molecule has 8 nitrogen and oxygen atoms in total. The molecule has 4 rings (SSSR count).